The number of para-hydroxylation sites is 1. The molecule has 0 fully saturated rings. The Bertz CT molecular complexity index is 1480. The molecule has 0 aliphatic carbocycles. The second kappa shape index (κ2) is 14.7. The molecule has 1 heterocycles. The minimum absolute atomic E-state index is 0.103. The molecule has 10 heteroatoms. The molecule has 0 unspecified atom stereocenters. The number of nitrogens with one attached hydrogen (secondary N) is 2. The first-order valence-corrected chi connectivity index (χ1v) is 14.3. The number of alkyl halides is 3. The summed E-state index contributed by atoms with van der Waals surface area (Å²) in [6, 6.07) is 19.8. The molecule has 3 aromatic carbocycles. The summed E-state index contributed by atoms with van der Waals surface area (Å²) in [5.74, 6) is -0.311. The highest BCUT2D eigenvalue weighted by atomic mass is 19.4. The molecule has 1 aromatic heterocycles. The van der Waals surface area contributed by atoms with E-state index in [1.807, 2.05) is 61.7 Å². The SMILES string of the molecule is CCc1ccc(NC(=O)N(CCCOC)CC(=O)N(CCc2c[nH]c3ccccc23)Cc2ccc(C(F)(F)F)cc2)cc1. The van der Waals surface area contributed by atoms with Gasteiger partial charge in [-0.3, -0.25) is 4.79 Å². The smallest absolute Gasteiger partial charge is 0.385 e. The number of rotatable bonds is 13. The maximum Gasteiger partial charge on any atom is 0.416 e. The van der Waals surface area contributed by atoms with Crippen LogP contribution in [0.25, 0.3) is 10.9 Å². The number of ether oxygens (including phenoxy) is 1. The predicted octanol–water partition coefficient (Wildman–Crippen LogP) is 6.89. The largest absolute Gasteiger partial charge is 0.416 e. The van der Waals surface area contributed by atoms with Crippen LogP contribution in [0.4, 0.5) is 23.7 Å². The number of aromatic amines is 1. The highest BCUT2D eigenvalue weighted by Crippen LogP contribution is 2.29. The summed E-state index contributed by atoms with van der Waals surface area (Å²) in [4.78, 5) is 33.3. The molecular formula is C33H37F3N4O3. The van der Waals surface area contributed by atoms with Crippen LogP contribution in [0.2, 0.25) is 0 Å². The van der Waals surface area contributed by atoms with E-state index in [4.69, 9.17) is 4.74 Å². The van der Waals surface area contributed by atoms with Crippen molar-refractivity contribution in [3.63, 3.8) is 0 Å². The Morgan fingerprint density at radius 2 is 1.60 bits per heavy atom. The highest BCUT2D eigenvalue weighted by molar-refractivity contribution is 5.92. The number of halogens is 3. The van der Waals surface area contributed by atoms with Gasteiger partial charge >= 0.3 is 12.2 Å². The van der Waals surface area contributed by atoms with Crippen molar-refractivity contribution < 1.29 is 27.5 Å². The molecule has 2 N–H and O–H groups in total. The van der Waals surface area contributed by atoms with E-state index in [9.17, 15) is 22.8 Å². The third kappa shape index (κ3) is 8.84. The molecule has 0 saturated heterocycles. The van der Waals surface area contributed by atoms with Crippen molar-refractivity contribution >= 4 is 28.5 Å². The van der Waals surface area contributed by atoms with Crippen molar-refractivity contribution in [2.75, 3.05) is 38.7 Å². The molecule has 0 radical (unpaired) electrons. The highest BCUT2D eigenvalue weighted by Gasteiger charge is 2.30. The molecule has 0 aliphatic rings. The number of hydrogen-bond donors (Lipinski definition) is 2. The van der Waals surface area contributed by atoms with Gasteiger partial charge in [-0.15, -0.1) is 0 Å². The molecule has 43 heavy (non-hydrogen) atoms. The third-order valence-corrected chi connectivity index (χ3v) is 7.34. The van der Waals surface area contributed by atoms with Crippen molar-refractivity contribution in [3.8, 4) is 0 Å². The lowest BCUT2D eigenvalue weighted by Crippen LogP contribution is -2.45. The number of aryl methyl sites for hydroxylation is 1. The van der Waals surface area contributed by atoms with Gasteiger partial charge in [-0.05, 0) is 66.3 Å². The zero-order valence-electron chi connectivity index (χ0n) is 24.4. The summed E-state index contributed by atoms with van der Waals surface area (Å²) in [6.07, 6.45) is -0.620. The Balaban J connectivity index is 1.52. The number of fused-ring (bicyclic) bond motifs is 1. The average Bonchev–Trinajstić information content (AvgIpc) is 3.42. The van der Waals surface area contributed by atoms with Crippen LogP contribution in [0.15, 0.2) is 79.0 Å². The van der Waals surface area contributed by atoms with Gasteiger partial charge in [0.2, 0.25) is 5.91 Å². The second-order valence-electron chi connectivity index (χ2n) is 10.4. The van der Waals surface area contributed by atoms with Crippen LogP contribution in [-0.4, -0.2) is 60.1 Å². The van der Waals surface area contributed by atoms with Gasteiger partial charge in [-0.25, -0.2) is 4.79 Å². The summed E-state index contributed by atoms with van der Waals surface area (Å²) >= 11 is 0. The van der Waals surface area contributed by atoms with Gasteiger partial charge in [0.1, 0.15) is 6.54 Å². The van der Waals surface area contributed by atoms with Crippen molar-refractivity contribution in [2.24, 2.45) is 0 Å². The Kier molecular flexibility index (Phi) is 10.8. The molecule has 7 nitrogen and oxygen atoms in total. The lowest BCUT2D eigenvalue weighted by molar-refractivity contribution is -0.137. The summed E-state index contributed by atoms with van der Waals surface area (Å²) in [5.41, 5.74) is 3.57. The van der Waals surface area contributed by atoms with E-state index in [0.717, 1.165) is 40.6 Å². The lowest BCUT2D eigenvalue weighted by atomic mass is 10.1. The lowest BCUT2D eigenvalue weighted by Gasteiger charge is -2.28. The van der Waals surface area contributed by atoms with E-state index >= 15 is 0 Å². The van der Waals surface area contributed by atoms with E-state index in [-0.39, 0.29) is 25.5 Å². The number of carbonyl (C=O) groups is 2. The van der Waals surface area contributed by atoms with E-state index < -0.39 is 17.8 Å². The Labute approximate surface area is 249 Å². The fraction of sp³-hybridized carbons (Fsp3) is 0.333. The Hall–Kier alpha value is -4.31. The van der Waals surface area contributed by atoms with Gasteiger partial charge in [-0.1, -0.05) is 49.4 Å². The van der Waals surface area contributed by atoms with Gasteiger partial charge in [0.25, 0.3) is 0 Å². The second-order valence-corrected chi connectivity index (χ2v) is 10.4. The fourth-order valence-corrected chi connectivity index (χ4v) is 4.85. The molecule has 0 bridgehead atoms. The van der Waals surface area contributed by atoms with Crippen LogP contribution >= 0.6 is 0 Å². The monoisotopic (exact) mass is 594 g/mol. The van der Waals surface area contributed by atoms with E-state index in [1.165, 1.54) is 17.0 Å². The first kappa shape index (κ1) is 31.6. The van der Waals surface area contributed by atoms with E-state index in [0.29, 0.717) is 37.2 Å². The number of nitrogens with zero attached hydrogens (tertiary/aromatic N) is 2. The standard InChI is InChI=1S/C33H37F3N4O3/c1-3-24-11-15-28(16-12-24)38-32(42)40(18-6-20-43-2)23-31(41)39(22-25-9-13-27(14-10-25)33(34,35)36)19-17-26-21-37-30-8-5-4-7-29(26)30/h4-5,7-16,21,37H,3,6,17-20,22-23H2,1-2H3,(H,38,42). The van der Waals surface area contributed by atoms with Gasteiger partial charge in [0, 0.05) is 56.1 Å². The van der Waals surface area contributed by atoms with Crippen LogP contribution in [0.3, 0.4) is 0 Å². The summed E-state index contributed by atoms with van der Waals surface area (Å²) in [6.45, 7) is 2.97. The Morgan fingerprint density at radius 3 is 2.28 bits per heavy atom. The first-order valence-electron chi connectivity index (χ1n) is 14.3. The van der Waals surface area contributed by atoms with Crippen molar-refractivity contribution in [3.05, 3.63) is 101 Å². The van der Waals surface area contributed by atoms with Crippen LogP contribution in [0.5, 0.6) is 0 Å². The zero-order chi connectivity index (χ0) is 30.8. The molecule has 4 aromatic rings. The number of carbonyl (C=O) groups excluding carboxylic acids is 2. The number of anilines is 1. The van der Waals surface area contributed by atoms with Gasteiger partial charge in [-0.2, -0.15) is 13.2 Å². The average molecular weight is 595 g/mol. The number of aromatic nitrogens is 1. The maximum atomic E-state index is 13.8. The third-order valence-electron chi connectivity index (χ3n) is 7.34. The topological polar surface area (TPSA) is 77.7 Å². The molecule has 0 atom stereocenters. The van der Waals surface area contributed by atoms with Crippen LogP contribution in [0.1, 0.15) is 35.6 Å². The number of methoxy groups -OCH3 is 1. The number of H-pyrrole nitrogens is 1. The van der Waals surface area contributed by atoms with Crippen LogP contribution in [-0.2, 0) is 35.1 Å². The van der Waals surface area contributed by atoms with Crippen molar-refractivity contribution in [1.29, 1.82) is 0 Å². The molecule has 4 rings (SSSR count). The summed E-state index contributed by atoms with van der Waals surface area (Å²) in [7, 11) is 1.57. The molecular weight excluding hydrogens is 557 g/mol. The van der Waals surface area contributed by atoms with E-state index in [2.05, 4.69) is 10.3 Å². The molecule has 0 saturated carbocycles. The van der Waals surface area contributed by atoms with Crippen molar-refractivity contribution in [2.45, 2.75) is 38.9 Å². The van der Waals surface area contributed by atoms with Crippen LogP contribution < -0.4 is 5.32 Å². The molecule has 228 valence electrons. The van der Waals surface area contributed by atoms with Gasteiger partial charge in [0.15, 0.2) is 0 Å². The predicted molar refractivity (Wildman–Crippen MR) is 162 cm³/mol. The fourth-order valence-electron chi connectivity index (χ4n) is 4.85. The summed E-state index contributed by atoms with van der Waals surface area (Å²) < 4.78 is 44.6. The first-order chi connectivity index (χ1) is 20.7. The number of hydrogen-bond acceptors (Lipinski definition) is 3. The quantitative estimate of drug-likeness (QED) is 0.166. The number of urea groups is 1. The minimum atomic E-state index is -4.45. The summed E-state index contributed by atoms with van der Waals surface area (Å²) in [5, 5.41) is 3.91. The van der Waals surface area contributed by atoms with Crippen molar-refractivity contribution in [1.82, 2.24) is 14.8 Å². The molecule has 0 spiro atoms. The maximum absolute atomic E-state index is 13.8. The Morgan fingerprint density at radius 1 is 0.907 bits per heavy atom. The molecule has 0 aliphatic heterocycles. The minimum Gasteiger partial charge on any atom is -0.385 e. The zero-order valence-corrected chi connectivity index (χ0v) is 24.4. The van der Waals surface area contributed by atoms with Crippen LogP contribution in [0, 0.1) is 0 Å². The van der Waals surface area contributed by atoms with Gasteiger partial charge < -0.3 is 24.8 Å². The number of benzene rings is 3. The molecule has 3 amide bonds. The number of amides is 3. The normalized spacial score (nSPS) is 11.5. The van der Waals surface area contributed by atoms with E-state index in [1.54, 1.807) is 12.0 Å². The van der Waals surface area contributed by atoms with Gasteiger partial charge in [0.05, 0.1) is 5.56 Å².